The zero-order valence-corrected chi connectivity index (χ0v) is 48.4. The molecule has 2 aromatic carbocycles. The molecule has 446 valence electrons. The Hall–Kier alpha value is -7.39. The van der Waals surface area contributed by atoms with Crippen molar-refractivity contribution in [1.29, 1.82) is 0 Å². The molecule has 9 amide bonds. The minimum absolute atomic E-state index is 0.000612. The van der Waals surface area contributed by atoms with E-state index in [1.54, 1.807) is 52.0 Å². The fraction of sp³-hybridized carbons (Fsp3) is 0.509. The minimum Gasteiger partial charge on any atom is -0.495 e. The Balaban J connectivity index is 1.16. The van der Waals surface area contributed by atoms with E-state index in [0.29, 0.717) is 25.8 Å². The highest BCUT2D eigenvalue weighted by atomic mass is 35.5. The zero-order chi connectivity index (χ0) is 60.2. The summed E-state index contributed by atoms with van der Waals surface area (Å²) in [5.41, 5.74) is 3.30. The van der Waals surface area contributed by atoms with Gasteiger partial charge in [0, 0.05) is 64.0 Å². The number of ether oxygens (including phenoxy) is 5. The normalized spacial score (nSPS) is 25.3. The number of hydrogen-bond donors (Lipinski definition) is 9. The molecule has 2 fully saturated rings. The Labute approximate surface area is 484 Å². The number of carbonyl (C=O) groups excluding carboxylic acids is 8. The van der Waals surface area contributed by atoms with Gasteiger partial charge in [-0.3, -0.25) is 39.5 Å². The first-order valence-corrected chi connectivity index (χ1v) is 27.4. The summed E-state index contributed by atoms with van der Waals surface area (Å²) in [4.78, 5) is 107. The second kappa shape index (κ2) is 28.1. The molecule has 10 N–H and O–H groups in total. The number of rotatable bonds is 19. The number of allylic oxidation sites excluding steroid dienone is 3. The van der Waals surface area contributed by atoms with Gasteiger partial charge in [0.15, 0.2) is 10.8 Å². The SMILES string of the molecule is COc1cc2cc(c1Cl)N(C)C(=O)C[C@H](OC(=O)Nc1ccc(NC(=O)[C@H](CCCNC(N)=O)NC(=O)[C@@H](NC(=S)NCCCCN3C(=O)C=CC3=O)C(C)C)cc1F)[C@]1(C)O[C@H]1[C@H](C)[C@@H]1C[C@@](O)(NC(=O)O1)[C@H](OC)/C=C/C=C(\C)C2. The molecule has 4 aliphatic heterocycles. The number of epoxide rings is 1. The van der Waals surface area contributed by atoms with Crippen molar-refractivity contribution < 1.29 is 71.5 Å². The quantitative estimate of drug-likeness (QED) is 0.0402. The molecule has 4 bridgehead atoms. The Bertz CT molecular complexity index is 2860. The Kier molecular flexibility index (Phi) is 21.8. The van der Waals surface area contributed by atoms with E-state index >= 15 is 4.39 Å². The van der Waals surface area contributed by atoms with Crippen LogP contribution in [0.4, 0.5) is 35.8 Å². The van der Waals surface area contributed by atoms with Crippen molar-refractivity contribution in [2.24, 2.45) is 17.6 Å². The fourth-order valence-corrected chi connectivity index (χ4v) is 10.4. The average molecular weight is 1180 g/mol. The summed E-state index contributed by atoms with van der Waals surface area (Å²) in [6.07, 6.45) is 2.19. The van der Waals surface area contributed by atoms with Crippen molar-refractivity contribution in [3.63, 3.8) is 0 Å². The van der Waals surface area contributed by atoms with Crippen molar-refractivity contribution >= 4 is 93.7 Å². The zero-order valence-electron chi connectivity index (χ0n) is 46.9. The highest BCUT2D eigenvalue weighted by Gasteiger charge is 2.64. The van der Waals surface area contributed by atoms with E-state index in [0.717, 1.165) is 28.2 Å². The maximum Gasteiger partial charge on any atom is 0.412 e. The fourth-order valence-electron chi connectivity index (χ4n) is 9.82. The lowest BCUT2D eigenvalue weighted by Gasteiger charge is -2.42. The van der Waals surface area contributed by atoms with Crippen LogP contribution in [0.1, 0.15) is 78.7 Å². The average Bonchev–Trinajstić information content (AvgIpc) is 2.00. The number of thiocarbonyl (C=S) groups is 1. The van der Waals surface area contributed by atoms with E-state index in [1.165, 1.54) is 44.4 Å². The van der Waals surface area contributed by atoms with Crippen molar-refractivity contribution in [2.45, 2.75) is 127 Å². The number of primary amides is 1. The Morgan fingerprint density at radius 2 is 1.71 bits per heavy atom. The molecule has 27 heteroatoms. The monoisotopic (exact) mass is 1180 g/mol. The molecule has 2 aromatic rings. The second-order valence-electron chi connectivity index (χ2n) is 21.0. The van der Waals surface area contributed by atoms with Crippen LogP contribution in [0.5, 0.6) is 5.75 Å². The van der Waals surface area contributed by atoms with E-state index in [9.17, 15) is 43.5 Å². The summed E-state index contributed by atoms with van der Waals surface area (Å²) in [5, 5.41) is 30.7. The number of amides is 9. The molecule has 0 aliphatic carbocycles. The van der Waals surface area contributed by atoms with E-state index in [4.69, 9.17) is 53.2 Å². The number of alkyl carbamates (subject to hydrolysis) is 1. The molecule has 9 atom stereocenters. The van der Waals surface area contributed by atoms with Crippen LogP contribution in [-0.4, -0.2) is 152 Å². The van der Waals surface area contributed by atoms with Crippen LogP contribution in [0.3, 0.4) is 0 Å². The second-order valence-corrected chi connectivity index (χ2v) is 21.8. The van der Waals surface area contributed by atoms with E-state index in [2.05, 4.69) is 37.2 Å². The van der Waals surface area contributed by atoms with Crippen molar-refractivity contribution in [3.05, 3.63) is 82.7 Å². The number of fused-ring (bicyclic) bond motifs is 5. The van der Waals surface area contributed by atoms with Gasteiger partial charge in [0.1, 0.15) is 52.6 Å². The van der Waals surface area contributed by atoms with E-state index in [1.807, 2.05) is 13.0 Å². The number of nitrogens with one attached hydrogen (secondary N) is 7. The summed E-state index contributed by atoms with van der Waals surface area (Å²) in [5.74, 6) is -4.42. The largest absolute Gasteiger partial charge is 0.495 e. The van der Waals surface area contributed by atoms with Gasteiger partial charge in [-0.2, -0.15) is 0 Å². The topological polar surface area (TPSA) is 323 Å². The Morgan fingerprint density at radius 3 is 2.37 bits per heavy atom. The number of benzene rings is 2. The number of methoxy groups -OCH3 is 2. The molecule has 0 radical (unpaired) electrons. The molecule has 24 nitrogen and oxygen atoms in total. The molecule has 4 heterocycles. The van der Waals surface area contributed by atoms with Gasteiger partial charge in [-0.1, -0.05) is 56.2 Å². The van der Waals surface area contributed by atoms with Crippen molar-refractivity contribution in [3.8, 4) is 5.75 Å². The van der Waals surface area contributed by atoms with Gasteiger partial charge in [-0.15, -0.1) is 0 Å². The molecule has 6 rings (SSSR count). The van der Waals surface area contributed by atoms with Crippen LogP contribution < -0.4 is 52.6 Å². The smallest absolute Gasteiger partial charge is 0.412 e. The molecule has 0 unspecified atom stereocenters. The van der Waals surface area contributed by atoms with Gasteiger partial charge >= 0.3 is 18.2 Å². The van der Waals surface area contributed by atoms with Gasteiger partial charge in [0.25, 0.3) is 11.8 Å². The number of unbranched alkanes of at least 4 members (excludes halogenated alkanes) is 1. The number of aliphatic hydroxyl groups is 1. The predicted molar refractivity (Wildman–Crippen MR) is 304 cm³/mol. The number of halogens is 2. The molecule has 0 saturated carbocycles. The van der Waals surface area contributed by atoms with Crippen molar-refractivity contribution in [1.82, 2.24) is 31.5 Å². The Morgan fingerprint density at radius 1 is 1.00 bits per heavy atom. The predicted octanol–water partition coefficient (Wildman–Crippen LogP) is 4.58. The third kappa shape index (κ3) is 16.4. The maximum atomic E-state index is 16.0. The van der Waals surface area contributed by atoms with Gasteiger partial charge < -0.3 is 66.0 Å². The molecule has 4 aliphatic rings. The minimum atomic E-state index is -1.93. The lowest BCUT2D eigenvalue weighted by atomic mass is 9.83. The van der Waals surface area contributed by atoms with Crippen LogP contribution >= 0.6 is 23.8 Å². The van der Waals surface area contributed by atoms with E-state index < -0.39 is 102 Å². The molecular weight excluding hydrogens is 1110 g/mol. The molecule has 0 spiro atoms. The highest BCUT2D eigenvalue weighted by Crippen LogP contribution is 2.49. The molecule has 82 heavy (non-hydrogen) atoms. The lowest BCUT2D eigenvalue weighted by molar-refractivity contribution is -0.142. The van der Waals surface area contributed by atoms with Crippen LogP contribution in [0, 0.1) is 17.7 Å². The number of urea groups is 1. The lowest BCUT2D eigenvalue weighted by Crippen LogP contribution is -2.63. The van der Waals surface area contributed by atoms with Crippen molar-refractivity contribution in [2.75, 3.05) is 56.4 Å². The van der Waals surface area contributed by atoms with Crippen LogP contribution in [0.25, 0.3) is 0 Å². The summed E-state index contributed by atoms with van der Waals surface area (Å²) >= 11 is 12.3. The maximum absolute atomic E-state index is 16.0. The van der Waals surface area contributed by atoms with Gasteiger partial charge in [-0.25, -0.2) is 18.8 Å². The van der Waals surface area contributed by atoms with E-state index in [-0.39, 0.29) is 83.0 Å². The third-order valence-electron chi connectivity index (χ3n) is 14.5. The first-order valence-electron chi connectivity index (χ1n) is 26.7. The molecule has 2 saturated heterocycles. The number of nitrogens with zero attached hydrogens (tertiary/aromatic N) is 2. The van der Waals surface area contributed by atoms with Gasteiger partial charge in [0.2, 0.25) is 17.7 Å². The summed E-state index contributed by atoms with van der Waals surface area (Å²) in [7, 11) is 4.32. The number of carbonyl (C=O) groups is 8. The standard InChI is InChI=1S/C55H72ClFN10O14S/c1-29(2)46(64-51(82)60-20-9-10-22-67-42(68)18-19-43(67)69)49(72)62-36(14-12-21-59-50(58)73)48(71)61-33-16-17-35(34(57)26-33)63-52(74)80-41-27-44(70)66(6)37-24-32(25-38(77-7)45(37)56)23-30(3)13-11-15-40(78-8)55(76)28-39(79-53(75)65-55)31(4)47-54(41,5)81-47/h11,13,15-19,24-26,29,31,36,39-41,46-47,76H,9-10,12,14,20-23,27-28H2,1-8H3,(H,61,71)(H,62,72)(H,63,74)(H,65,75)(H3,58,59,73)(H2,60,64,82)/b15-11+,30-13+/t31-,36+,39+,40-,41+,46+,47+,54+,55+/m1/s1. The summed E-state index contributed by atoms with van der Waals surface area (Å²) in [6, 6.07) is 3.87. The van der Waals surface area contributed by atoms with Gasteiger partial charge in [-0.05, 0) is 100.0 Å². The highest BCUT2D eigenvalue weighted by molar-refractivity contribution is 7.80. The number of imide groups is 1. The van der Waals surface area contributed by atoms with Crippen LogP contribution in [-0.2, 0) is 49.3 Å². The number of hydrogen-bond acceptors (Lipinski definition) is 15. The summed E-state index contributed by atoms with van der Waals surface area (Å²) < 4.78 is 45.2. The first-order chi connectivity index (χ1) is 38.8. The van der Waals surface area contributed by atoms with Gasteiger partial charge in [0.05, 0.1) is 31.0 Å². The third-order valence-corrected chi connectivity index (χ3v) is 15.1. The molecule has 0 aromatic heterocycles. The summed E-state index contributed by atoms with van der Waals surface area (Å²) in [6.45, 7) is 9.38. The number of nitrogens with two attached hydrogens (primary N) is 1. The van der Waals surface area contributed by atoms with Crippen LogP contribution in [0.2, 0.25) is 5.02 Å². The first kappa shape index (κ1) is 63.8. The van der Waals surface area contributed by atoms with Crippen LogP contribution in [0.15, 0.2) is 66.3 Å². The molecular formula is C55H72ClFN10O14S. The number of anilines is 3.